The van der Waals surface area contributed by atoms with Crippen LogP contribution < -0.4 is 0 Å². The molecule has 1 heterocycles. The fraction of sp³-hybridized carbons (Fsp3) is 0.818. The minimum absolute atomic E-state index is 0.0417. The fourth-order valence-electron chi connectivity index (χ4n) is 1.62. The first-order valence-corrected chi connectivity index (χ1v) is 5.21. The summed E-state index contributed by atoms with van der Waals surface area (Å²) in [7, 11) is 4.00. The van der Waals surface area contributed by atoms with E-state index in [9.17, 15) is 4.79 Å². The first-order valence-electron chi connectivity index (χ1n) is 5.21. The van der Waals surface area contributed by atoms with Gasteiger partial charge in [-0.2, -0.15) is 5.26 Å². The molecule has 0 spiro atoms. The number of nitriles is 1. The molecule has 0 aromatic heterocycles. The van der Waals surface area contributed by atoms with Gasteiger partial charge in [-0.3, -0.25) is 4.79 Å². The van der Waals surface area contributed by atoms with Gasteiger partial charge >= 0.3 is 0 Å². The Morgan fingerprint density at radius 1 is 1.60 bits per heavy atom. The molecule has 4 heteroatoms. The van der Waals surface area contributed by atoms with Gasteiger partial charge in [-0.1, -0.05) is 0 Å². The standard InChI is InChI=1S/C11H19N3O/c1-11(2,13(3)4)8-14-7-9(6-12)5-10(14)15/h9H,5,7-8H2,1-4H3. The van der Waals surface area contributed by atoms with Crippen LogP contribution in [0.5, 0.6) is 0 Å². The summed E-state index contributed by atoms with van der Waals surface area (Å²) < 4.78 is 0. The monoisotopic (exact) mass is 209 g/mol. The van der Waals surface area contributed by atoms with Crippen LogP contribution in [0, 0.1) is 17.2 Å². The quantitative estimate of drug-likeness (QED) is 0.687. The van der Waals surface area contributed by atoms with E-state index in [1.54, 1.807) is 4.90 Å². The zero-order valence-corrected chi connectivity index (χ0v) is 9.95. The molecule has 0 radical (unpaired) electrons. The fourth-order valence-corrected chi connectivity index (χ4v) is 1.62. The number of hydrogen-bond donors (Lipinski definition) is 0. The van der Waals surface area contributed by atoms with E-state index in [0.29, 0.717) is 19.5 Å². The highest BCUT2D eigenvalue weighted by Crippen LogP contribution is 2.21. The third kappa shape index (κ3) is 2.69. The molecule has 0 N–H and O–H groups in total. The summed E-state index contributed by atoms with van der Waals surface area (Å²) in [5, 5.41) is 8.77. The van der Waals surface area contributed by atoms with Crippen molar-refractivity contribution < 1.29 is 4.79 Å². The van der Waals surface area contributed by atoms with E-state index in [1.165, 1.54) is 0 Å². The van der Waals surface area contributed by atoms with Gasteiger partial charge in [-0.05, 0) is 27.9 Å². The zero-order chi connectivity index (χ0) is 11.6. The molecule has 1 fully saturated rings. The molecule has 1 unspecified atom stereocenters. The largest absolute Gasteiger partial charge is 0.339 e. The Morgan fingerprint density at radius 3 is 2.60 bits per heavy atom. The van der Waals surface area contributed by atoms with E-state index < -0.39 is 0 Å². The Labute approximate surface area is 91.5 Å². The van der Waals surface area contributed by atoms with Crippen molar-refractivity contribution >= 4 is 5.91 Å². The van der Waals surface area contributed by atoms with E-state index in [4.69, 9.17) is 5.26 Å². The molecule has 0 bridgehead atoms. The lowest BCUT2D eigenvalue weighted by molar-refractivity contribution is -0.129. The number of carbonyl (C=O) groups is 1. The molecule has 1 atom stereocenters. The number of likely N-dealkylation sites (N-methyl/N-ethyl adjacent to an activating group) is 1. The maximum absolute atomic E-state index is 11.6. The van der Waals surface area contributed by atoms with E-state index in [0.717, 1.165) is 0 Å². The highest BCUT2D eigenvalue weighted by molar-refractivity contribution is 5.79. The normalized spacial score (nSPS) is 22.3. The summed E-state index contributed by atoms with van der Waals surface area (Å²) in [5.41, 5.74) is -0.0417. The van der Waals surface area contributed by atoms with Crippen LogP contribution in [0.25, 0.3) is 0 Å². The average molecular weight is 209 g/mol. The minimum atomic E-state index is -0.115. The summed E-state index contributed by atoms with van der Waals surface area (Å²) in [5.74, 6) is -0.00747. The number of hydrogen-bond acceptors (Lipinski definition) is 3. The van der Waals surface area contributed by atoms with Crippen molar-refractivity contribution in [3.63, 3.8) is 0 Å². The van der Waals surface area contributed by atoms with Crippen LogP contribution in [-0.4, -0.2) is 48.4 Å². The van der Waals surface area contributed by atoms with Crippen LogP contribution in [-0.2, 0) is 4.79 Å². The molecule has 0 aliphatic carbocycles. The maximum atomic E-state index is 11.6. The molecule has 84 valence electrons. The van der Waals surface area contributed by atoms with Crippen LogP contribution >= 0.6 is 0 Å². The molecular weight excluding hydrogens is 190 g/mol. The predicted octanol–water partition coefficient (Wildman–Crippen LogP) is 0.699. The molecule has 1 saturated heterocycles. The summed E-state index contributed by atoms with van der Waals surface area (Å²) in [6, 6.07) is 2.16. The van der Waals surface area contributed by atoms with E-state index in [2.05, 4.69) is 24.8 Å². The lowest BCUT2D eigenvalue weighted by atomic mass is 10.0. The van der Waals surface area contributed by atoms with Crippen molar-refractivity contribution in [3.05, 3.63) is 0 Å². The lowest BCUT2D eigenvalue weighted by Crippen LogP contribution is -2.48. The Morgan fingerprint density at radius 2 is 2.20 bits per heavy atom. The highest BCUT2D eigenvalue weighted by atomic mass is 16.2. The molecule has 1 rings (SSSR count). The van der Waals surface area contributed by atoms with E-state index in [1.807, 2.05) is 14.1 Å². The second kappa shape index (κ2) is 4.19. The molecule has 4 nitrogen and oxygen atoms in total. The van der Waals surface area contributed by atoms with Gasteiger partial charge in [-0.25, -0.2) is 0 Å². The SMILES string of the molecule is CN(C)C(C)(C)CN1CC(C#N)CC1=O. The maximum Gasteiger partial charge on any atom is 0.224 e. The number of amides is 1. The number of rotatable bonds is 3. The van der Waals surface area contributed by atoms with Crippen LogP contribution in [0.3, 0.4) is 0 Å². The van der Waals surface area contributed by atoms with Gasteiger partial charge in [0.25, 0.3) is 0 Å². The van der Waals surface area contributed by atoms with Gasteiger partial charge in [0.15, 0.2) is 0 Å². The topological polar surface area (TPSA) is 47.3 Å². The van der Waals surface area contributed by atoms with Crippen LogP contribution in [0.1, 0.15) is 20.3 Å². The van der Waals surface area contributed by atoms with Crippen LogP contribution in [0.4, 0.5) is 0 Å². The summed E-state index contributed by atoms with van der Waals surface area (Å²) in [4.78, 5) is 15.5. The first kappa shape index (κ1) is 12.0. The average Bonchev–Trinajstić information content (AvgIpc) is 2.46. The molecule has 0 aromatic carbocycles. The second-order valence-electron chi connectivity index (χ2n) is 5.01. The highest BCUT2D eigenvalue weighted by Gasteiger charge is 2.34. The first-order chi connectivity index (χ1) is 6.86. The van der Waals surface area contributed by atoms with Crippen molar-refractivity contribution in [2.75, 3.05) is 27.2 Å². The Balaban J connectivity index is 2.61. The molecule has 1 aliphatic rings. The van der Waals surface area contributed by atoms with E-state index in [-0.39, 0.29) is 17.4 Å². The van der Waals surface area contributed by atoms with Crippen molar-refractivity contribution in [2.45, 2.75) is 25.8 Å². The van der Waals surface area contributed by atoms with Gasteiger partial charge in [-0.15, -0.1) is 0 Å². The number of nitrogens with zero attached hydrogens (tertiary/aromatic N) is 3. The molecule has 15 heavy (non-hydrogen) atoms. The van der Waals surface area contributed by atoms with Crippen molar-refractivity contribution in [1.29, 1.82) is 5.26 Å². The Kier molecular flexibility index (Phi) is 3.35. The molecule has 0 saturated carbocycles. The zero-order valence-electron chi connectivity index (χ0n) is 9.95. The number of likely N-dealkylation sites (tertiary alicyclic amines) is 1. The third-order valence-electron chi connectivity index (χ3n) is 3.19. The summed E-state index contributed by atoms with van der Waals surface area (Å²) >= 11 is 0. The predicted molar refractivity (Wildman–Crippen MR) is 58.1 cm³/mol. The summed E-state index contributed by atoms with van der Waals surface area (Å²) in [6.07, 6.45) is 0.389. The second-order valence-corrected chi connectivity index (χ2v) is 5.01. The Bertz CT molecular complexity index is 291. The molecular formula is C11H19N3O. The molecule has 1 amide bonds. The van der Waals surface area contributed by atoms with Gasteiger partial charge in [0.2, 0.25) is 5.91 Å². The Hall–Kier alpha value is -1.08. The third-order valence-corrected chi connectivity index (χ3v) is 3.19. The van der Waals surface area contributed by atoms with E-state index >= 15 is 0 Å². The van der Waals surface area contributed by atoms with Crippen LogP contribution in [0.15, 0.2) is 0 Å². The van der Waals surface area contributed by atoms with Gasteiger partial charge in [0.1, 0.15) is 0 Å². The minimum Gasteiger partial charge on any atom is -0.339 e. The number of carbonyl (C=O) groups excluding carboxylic acids is 1. The summed E-state index contributed by atoms with van der Waals surface area (Å²) in [6.45, 7) is 5.48. The van der Waals surface area contributed by atoms with Crippen LogP contribution in [0.2, 0.25) is 0 Å². The van der Waals surface area contributed by atoms with Gasteiger partial charge in [0, 0.05) is 25.0 Å². The van der Waals surface area contributed by atoms with Gasteiger partial charge < -0.3 is 9.80 Å². The van der Waals surface area contributed by atoms with Gasteiger partial charge in [0.05, 0.1) is 12.0 Å². The van der Waals surface area contributed by atoms with Crippen molar-refractivity contribution in [2.24, 2.45) is 5.92 Å². The smallest absolute Gasteiger partial charge is 0.224 e. The molecule has 1 aliphatic heterocycles. The molecule has 0 aromatic rings. The lowest BCUT2D eigenvalue weighted by Gasteiger charge is -2.36. The van der Waals surface area contributed by atoms with Crippen molar-refractivity contribution in [1.82, 2.24) is 9.80 Å². The van der Waals surface area contributed by atoms with Crippen molar-refractivity contribution in [3.8, 4) is 6.07 Å².